The van der Waals surface area contributed by atoms with Crippen LogP contribution in [-0.4, -0.2) is 17.4 Å². The number of anilines is 1. The van der Waals surface area contributed by atoms with Crippen molar-refractivity contribution in [2.24, 2.45) is 5.92 Å². The first-order valence-electron chi connectivity index (χ1n) is 5.90. The van der Waals surface area contributed by atoms with Crippen molar-refractivity contribution in [3.63, 3.8) is 0 Å². The molecule has 17 heavy (non-hydrogen) atoms. The molecular weight excluding hydrogens is 236 g/mol. The number of hydrogen-bond acceptors (Lipinski definition) is 2. The van der Waals surface area contributed by atoms with E-state index >= 15 is 0 Å². The Morgan fingerprint density at radius 2 is 2.29 bits per heavy atom. The van der Waals surface area contributed by atoms with E-state index in [2.05, 4.69) is 0 Å². The number of amides is 1. The lowest BCUT2D eigenvalue weighted by Crippen LogP contribution is -2.39. The maximum absolute atomic E-state index is 12.0. The molecule has 0 aromatic heterocycles. The van der Waals surface area contributed by atoms with Gasteiger partial charge in [-0.1, -0.05) is 24.6 Å². The Morgan fingerprint density at radius 1 is 1.53 bits per heavy atom. The van der Waals surface area contributed by atoms with Crippen LogP contribution in [0.15, 0.2) is 18.2 Å². The van der Waals surface area contributed by atoms with Crippen molar-refractivity contribution < 1.29 is 4.79 Å². The van der Waals surface area contributed by atoms with E-state index in [0.29, 0.717) is 17.3 Å². The number of carbonyl (C=O) groups is 1. The average Bonchev–Trinajstić information content (AvgIpc) is 2.28. The summed E-state index contributed by atoms with van der Waals surface area (Å²) < 4.78 is 0. The predicted molar refractivity (Wildman–Crippen MR) is 69.7 cm³/mol. The molecule has 1 aliphatic rings. The van der Waals surface area contributed by atoms with Gasteiger partial charge in [0.1, 0.15) is 0 Å². The molecule has 1 unspecified atom stereocenters. The Hall–Kier alpha value is -1.22. The minimum Gasteiger partial charge on any atom is -0.399 e. The maximum Gasteiger partial charge on any atom is 0.225 e. The average molecular weight is 253 g/mol. The molecule has 0 bridgehead atoms. The molecule has 2 N–H and O–H groups in total. The molecule has 0 spiro atoms. The van der Waals surface area contributed by atoms with Crippen molar-refractivity contribution in [3.8, 4) is 0 Å². The summed E-state index contributed by atoms with van der Waals surface area (Å²) in [6.07, 6.45) is 2.06. The molecule has 1 fully saturated rings. The number of benzene rings is 1. The van der Waals surface area contributed by atoms with Crippen molar-refractivity contribution in [2.45, 2.75) is 26.3 Å². The molecule has 1 aliphatic heterocycles. The van der Waals surface area contributed by atoms with E-state index < -0.39 is 0 Å². The van der Waals surface area contributed by atoms with Crippen LogP contribution in [0.25, 0.3) is 0 Å². The Balaban J connectivity index is 2.12. The molecule has 0 saturated carbocycles. The van der Waals surface area contributed by atoms with Crippen LogP contribution in [0.4, 0.5) is 5.69 Å². The van der Waals surface area contributed by atoms with Crippen LogP contribution in [0.3, 0.4) is 0 Å². The van der Waals surface area contributed by atoms with Gasteiger partial charge < -0.3 is 10.6 Å². The lowest BCUT2D eigenvalue weighted by Gasteiger charge is -2.31. The second kappa shape index (κ2) is 4.96. The largest absolute Gasteiger partial charge is 0.399 e. The topological polar surface area (TPSA) is 46.3 Å². The Kier molecular flexibility index (Phi) is 3.57. The first-order valence-corrected chi connectivity index (χ1v) is 6.28. The van der Waals surface area contributed by atoms with Gasteiger partial charge >= 0.3 is 0 Å². The van der Waals surface area contributed by atoms with E-state index in [1.54, 1.807) is 6.07 Å². The fourth-order valence-corrected chi connectivity index (χ4v) is 2.44. The van der Waals surface area contributed by atoms with Gasteiger partial charge in [-0.3, -0.25) is 4.79 Å². The van der Waals surface area contributed by atoms with Crippen molar-refractivity contribution in [3.05, 3.63) is 28.8 Å². The monoisotopic (exact) mass is 252 g/mol. The first kappa shape index (κ1) is 12.2. The number of nitrogens with two attached hydrogens (primary N) is 1. The van der Waals surface area contributed by atoms with Crippen LogP contribution >= 0.6 is 11.6 Å². The summed E-state index contributed by atoms with van der Waals surface area (Å²) in [4.78, 5) is 13.8. The molecule has 4 heteroatoms. The summed E-state index contributed by atoms with van der Waals surface area (Å²) in [5, 5.41) is 0.635. The molecule has 1 amide bonds. The van der Waals surface area contributed by atoms with Gasteiger partial charge in [0, 0.05) is 29.7 Å². The third kappa shape index (κ3) is 2.72. The molecule has 1 aromatic rings. The van der Waals surface area contributed by atoms with Gasteiger partial charge in [0.05, 0.1) is 0 Å². The van der Waals surface area contributed by atoms with Gasteiger partial charge in [0.25, 0.3) is 0 Å². The highest BCUT2D eigenvalue weighted by molar-refractivity contribution is 6.31. The van der Waals surface area contributed by atoms with E-state index in [0.717, 1.165) is 24.9 Å². The number of nitrogen functional groups attached to an aromatic ring is 1. The number of nitrogens with zero attached hydrogens (tertiary/aromatic N) is 1. The second-order valence-corrected chi connectivity index (χ2v) is 5.06. The molecule has 0 aliphatic carbocycles. The fraction of sp³-hybridized carbons (Fsp3) is 0.462. The third-order valence-electron chi connectivity index (χ3n) is 3.24. The number of likely N-dealkylation sites (tertiary alicyclic amines) is 1. The van der Waals surface area contributed by atoms with E-state index in [1.807, 2.05) is 24.0 Å². The quantitative estimate of drug-likeness (QED) is 0.823. The highest BCUT2D eigenvalue weighted by atomic mass is 35.5. The number of hydrogen-bond donors (Lipinski definition) is 1. The van der Waals surface area contributed by atoms with Crippen molar-refractivity contribution in [2.75, 3.05) is 12.3 Å². The zero-order valence-corrected chi connectivity index (χ0v) is 10.7. The minimum absolute atomic E-state index is 0.135. The lowest BCUT2D eigenvalue weighted by atomic mass is 9.98. The van der Waals surface area contributed by atoms with Gasteiger partial charge in [-0.2, -0.15) is 0 Å². The lowest BCUT2D eigenvalue weighted by molar-refractivity contribution is -0.138. The smallest absolute Gasteiger partial charge is 0.225 e. The van der Waals surface area contributed by atoms with Crippen molar-refractivity contribution >= 4 is 23.2 Å². The van der Waals surface area contributed by atoms with E-state index in [4.69, 9.17) is 17.3 Å². The Labute approximate surface area is 107 Å². The van der Waals surface area contributed by atoms with Gasteiger partial charge in [0.2, 0.25) is 5.91 Å². The van der Waals surface area contributed by atoms with Gasteiger partial charge in [-0.15, -0.1) is 0 Å². The standard InChI is InChI=1S/C13H17ClN2O/c1-9-3-2-6-16(13(9)17)8-10-4-5-11(15)7-12(10)14/h4-5,7,9H,2-3,6,8,15H2,1H3. The number of piperidine rings is 1. The third-order valence-corrected chi connectivity index (χ3v) is 3.59. The van der Waals surface area contributed by atoms with Crippen molar-refractivity contribution in [1.82, 2.24) is 4.90 Å². The van der Waals surface area contributed by atoms with Crippen LogP contribution < -0.4 is 5.73 Å². The molecule has 0 radical (unpaired) electrons. The van der Waals surface area contributed by atoms with E-state index in [-0.39, 0.29) is 11.8 Å². The highest BCUT2D eigenvalue weighted by Crippen LogP contribution is 2.24. The molecule has 1 atom stereocenters. The summed E-state index contributed by atoms with van der Waals surface area (Å²) in [6, 6.07) is 5.44. The van der Waals surface area contributed by atoms with Crippen LogP contribution in [0.2, 0.25) is 5.02 Å². The fourth-order valence-electron chi connectivity index (χ4n) is 2.19. The van der Waals surface area contributed by atoms with Crippen LogP contribution in [0.1, 0.15) is 25.3 Å². The zero-order valence-electron chi connectivity index (χ0n) is 9.95. The molecule has 3 nitrogen and oxygen atoms in total. The van der Waals surface area contributed by atoms with E-state index in [9.17, 15) is 4.79 Å². The maximum atomic E-state index is 12.0. The first-order chi connectivity index (χ1) is 8.08. The number of halogens is 1. The number of carbonyl (C=O) groups excluding carboxylic acids is 1. The summed E-state index contributed by atoms with van der Waals surface area (Å²) in [5.41, 5.74) is 7.26. The normalized spacial score (nSPS) is 20.7. The summed E-state index contributed by atoms with van der Waals surface area (Å²) >= 11 is 6.11. The SMILES string of the molecule is CC1CCCN(Cc2ccc(N)cc2Cl)C1=O. The molecule has 1 saturated heterocycles. The summed E-state index contributed by atoms with van der Waals surface area (Å²) in [6.45, 7) is 3.39. The molecule has 1 aromatic carbocycles. The molecule has 2 rings (SSSR count). The number of rotatable bonds is 2. The van der Waals surface area contributed by atoms with Crippen LogP contribution in [0, 0.1) is 5.92 Å². The predicted octanol–water partition coefficient (Wildman–Crippen LogP) is 2.68. The van der Waals surface area contributed by atoms with Crippen molar-refractivity contribution in [1.29, 1.82) is 0 Å². The van der Waals surface area contributed by atoms with Gasteiger partial charge in [-0.25, -0.2) is 0 Å². The molecule has 92 valence electrons. The minimum atomic E-state index is 0.135. The van der Waals surface area contributed by atoms with E-state index in [1.165, 1.54) is 0 Å². The Morgan fingerprint density at radius 3 is 3.00 bits per heavy atom. The second-order valence-electron chi connectivity index (χ2n) is 4.65. The zero-order chi connectivity index (χ0) is 12.4. The van der Waals surface area contributed by atoms with Crippen LogP contribution in [0.5, 0.6) is 0 Å². The highest BCUT2D eigenvalue weighted by Gasteiger charge is 2.25. The van der Waals surface area contributed by atoms with Gasteiger partial charge in [0.15, 0.2) is 0 Å². The summed E-state index contributed by atoms with van der Waals surface area (Å²) in [7, 11) is 0. The van der Waals surface area contributed by atoms with Crippen LogP contribution in [-0.2, 0) is 11.3 Å². The molecular formula is C13H17ClN2O. The summed E-state index contributed by atoms with van der Waals surface area (Å²) in [5.74, 6) is 0.362. The van der Waals surface area contributed by atoms with Gasteiger partial charge in [-0.05, 0) is 30.5 Å². The Bertz CT molecular complexity index is 433. The molecule has 1 heterocycles.